The van der Waals surface area contributed by atoms with Crippen molar-refractivity contribution in [2.75, 3.05) is 0 Å². The van der Waals surface area contributed by atoms with E-state index >= 15 is 0 Å². The number of aliphatic hydroxyl groups is 2. The average Bonchev–Trinajstić information content (AvgIpc) is 3.44. The van der Waals surface area contributed by atoms with Crippen molar-refractivity contribution in [2.45, 2.75) is 122 Å². The largest absolute Gasteiger partial charge is 0.461 e. The van der Waals surface area contributed by atoms with Crippen molar-refractivity contribution in [3.8, 4) is 0 Å². The molecule has 4 aliphatic rings. The van der Waals surface area contributed by atoms with Gasteiger partial charge in [0, 0.05) is 13.3 Å². The Hall–Kier alpha value is -2.18. The number of hydrogen-bond donors (Lipinski definition) is 2. The van der Waals surface area contributed by atoms with E-state index in [0.717, 1.165) is 61.3 Å². The molecule has 1 aromatic heterocycles. The molecule has 0 aromatic carbocycles. The lowest BCUT2D eigenvalue weighted by Crippen LogP contribution is -2.34. The number of ether oxygens (including phenoxy) is 1. The number of carbonyl (C=O) groups excluding carboxylic acids is 1. The number of esters is 1. The molecule has 208 valence electrons. The van der Waals surface area contributed by atoms with Crippen LogP contribution in [0.1, 0.15) is 103 Å². The molecule has 6 heteroatoms. The number of nitrogens with zero attached hydrogens (tertiary/aromatic N) is 1. The predicted octanol–water partition coefficient (Wildman–Crippen LogP) is 6.26. The smallest absolute Gasteiger partial charge is 0.302 e. The minimum atomic E-state index is -0.644. The molecule has 0 bridgehead atoms. The summed E-state index contributed by atoms with van der Waals surface area (Å²) in [6, 6.07) is 0. The quantitative estimate of drug-likeness (QED) is 0.391. The molecule has 6 nitrogen and oxygen atoms in total. The number of rotatable bonds is 8. The summed E-state index contributed by atoms with van der Waals surface area (Å²) in [7, 11) is 0. The molecule has 0 amide bonds. The second kappa shape index (κ2) is 10.8. The molecule has 4 aliphatic carbocycles. The van der Waals surface area contributed by atoms with Crippen molar-refractivity contribution < 1.29 is 24.2 Å². The zero-order valence-corrected chi connectivity index (χ0v) is 23.4. The Labute approximate surface area is 227 Å². The molecule has 2 N–H and O–H groups in total. The molecule has 38 heavy (non-hydrogen) atoms. The second-order valence-corrected chi connectivity index (χ2v) is 12.7. The van der Waals surface area contributed by atoms with Gasteiger partial charge in [0.25, 0.3) is 0 Å². The SMILES string of the molecule is C=C1/C(=C\C=C2/CCCC3(C)C(CCCC(OC(C)=O)C4(c5ncc(C)o5)CC4)CCC23)C[C@@H](O)C[C@@H]1O. The van der Waals surface area contributed by atoms with E-state index in [2.05, 4.69) is 30.6 Å². The maximum atomic E-state index is 12.0. The second-order valence-electron chi connectivity index (χ2n) is 12.7. The van der Waals surface area contributed by atoms with E-state index in [1.165, 1.54) is 38.2 Å². The number of hydrogen-bond acceptors (Lipinski definition) is 6. The summed E-state index contributed by atoms with van der Waals surface area (Å²) in [4.78, 5) is 16.5. The molecule has 4 saturated carbocycles. The maximum absolute atomic E-state index is 12.0. The first-order chi connectivity index (χ1) is 18.1. The van der Waals surface area contributed by atoms with Gasteiger partial charge in [-0.25, -0.2) is 4.98 Å². The van der Waals surface area contributed by atoms with Crippen LogP contribution in [0, 0.1) is 24.2 Å². The first-order valence-corrected chi connectivity index (χ1v) is 14.7. The summed E-state index contributed by atoms with van der Waals surface area (Å²) in [6.45, 7) is 9.98. The van der Waals surface area contributed by atoms with Gasteiger partial charge in [0.1, 0.15) is 11.9 Å². The molecular weight excluding hydrogens is 478 g/mol. The van der Waals surface area contributed by atoms with Crippen LogP contribution in [0.5, 0.6) is 0 Å². The van der Waals surface area contributed by atoms with Crippen LogP contribution in [0.4, 0.5) is 0 Å². The first-order valence-electron chi connectivity index (χ1n) is 14.7. The van der Waals surface area contributed by atoms with Gasteiger partial charge in [-0.2, -0.15) is 0 Å². The predicted molar refractivity (Wildman–Crippen MR) is 146 cm³/mol. The van der Waals surface area contributed by atoms with E-state index in [1.807, 2.05) is 6.92 Å². The third-order valence-electron chi connectivity index (χ3n) is 10.2. The lowest BCUT2D eigenvalue weighted by atomic mass is 9.62. The van der Waals surface area contributed by atoms with E-state index < -0.39 is 12.2 Å². The van der Waals surface area contributed by atoms with E-state index in [1.54, 1.807) is 6.20 Å². The zero-order chi connectivity index (χ0) is 27.1. The fraction of sp³-hybridized carbons (Fsp3) is 0.688. The average molecular weight is 524 g/mol. The minimum absolute atomic E-state index is 0.175. The number of aromatic nitrogens is 1. The minimum Gasteiger partial charge on any atom is -0.461 e. The lowest BCUT2D eigenvalue weighted by Gasteiger charge is -2.42. The highest BCUT2D eigenvalue weighted by Crippen LogP contribution is 2.59. The van der Waals surface area contributed by atoms with Gasteiger partial charge in [0.2, 0.25) is 5.89 Å². The van der Waals surface area contributed by atoms with Crippen LogP contribution in [0.15, 0.2) is 46.1 Å². The van der Waals surface area contributed by atoms with Crippen molar-refractivity contribution in [1.82, 2.24) is 4.98 Å². The van der Waals surface area contributed by atoms with Gasteiger partial charge in [-0.05, 0) is 106 Å². The van der Waals surface area contributed by atoms with Gasteiger partial charge in [0.15, 0.2) is 0 Å². The van der Waals surface area contributed by atoms with Crippen LogP contribution in [-0.4, -0.2) is 39.5 Å². The van der Waals surface area contributed by atoms with Gasteiger partial charge in [-0.3, -0.25) is 4.79 Å². The van der Waals surface area contributed by atoms with E-state index in [4.69, 9.17) is 9.15 Å². The molecule has 5 rings (SSSR count). The van der Waals surface area contributed by atoms with Crippen LogP contribution < -0.4 is 0 Å². The van der Waals surface area contributed by atoms with Gasteiger partial charge in [0.05, 0.1) is 23.8 Å². The van der Waals surface area contributed by atoms with Gasteiger partial charge < -0.3 is 19.4 Å². The van der Waals surface area contributed by atoms with Crippen LogP contribution in [0.25, 0.3) is 0 Å². The number of aryl methyl sites for hydroxylation is 1. The highest BCUT2D eigenvalue weighted by Gasteiger charge is 2.56. The number of aliphatic hydroxyl groups excluding tert-OH is 2. The zero-order valence-electron chi connectivity index (χ0n) is 23.4. The molecule has 0 radical (unpaired) electrons. The fourth-order valence-electron chi connectivity index (χ4n) is 7.88. The van der Waals surface area contributed by atoms with Crippen LogP contribution in [0.2, 0.25) is 0 Å². The number of carbonyl (C=O) groups is 1. The summed E-state index contributed by atoms with van der Waals surface area (Å²) < 4.78 is 11.8. The van der Waals surface area contributed by atoms with E-state index in [-0.39, 0.29) is 17.5 Å². The summed E-state index contributed by atoms with van der Waals surface area (Å²) in [6.07, 6.45) is 16.8. The Bertz CT molecular complexity index is 1110. The van der Waals surface area contributed by atoms with Crippen molar-refractivity contribution in [3.63, 3.8) is 0 Å². The lowest BCUT2D eigenvalue weighted by molar-refractivity contribution is -0.149. The summed E-state index contributed by atoms with van der Waals surface area (Å²) in [5.41, 5.74) is 3.30. The third-order valence-corrected chi connectivity index (χ3v) is 10.2. The van der Waals surface area contributed by atoms with Gasteiger partial charge >= 0.3 is 5.97 Å². The molecule has 4 fully saturated rings. The molecule has 4 unspecified atom stereocenters. The number of fused-ring (bicyclic) bond motifs is 1. The Morgan fingerprint density at radius 1 is 1.29 bits per heavy atom. The maximum Gasteiger partial charge on any atom is 0.302 e. The normalized spacial score (nSPS) is 35.3. The molecule has 6 atom stereocenters. The third kappa shape index (κ3) is 5.31. The van der Waals surface area contributed by atoms with Gasteiger partial charge in [-0.15, -0.1) is 0 Å². The molecule has 0 aliphatic heterocycles. The van der Waals surface area contributed by atoms with Crippen molar-refractivity contribution >= 4 is 5.97 Å². The standard InChI is InChI=1S/C32H45NO5/c1-20-19-33-30(37-20)32(15-16-32)29(38-22(3)34)9-5-8-25-12-13-27-23(7-6-14-31(25,27)4)10-11-24-17-26(35)18-28(36)21(24)2/h10-11,19,25-29,35-36H,2,5-9,12-18H2,1,3-4H3/b23-10+,24-11-/t25?,26-,27?,28+,29?,31?/m1/s1. The Morgan fingerprint density at radius 2 is 2.08 bits per heavy atom. The number of oxazole rings is 1. The van der Waals surface area contributed by atoms with E-state index in [0.29, 0.717) is 30.1 Å². The Kier molecular flexibility index (Phi) is 7.76. The highest BCUT2D eigenvalue weighted by molar-refractivity contribution is 5.66. The first kappa shape index (κ1) is 27.4. The Morgan fingerprint density at radius 3 is 2.76 bits per heavy atom. The van der Waals surface area contributed by atoms with Crippen LogP contribution in [-0.2, 0) is 14.9 Å². The molecular formula is C32H45NO5. The monoisotopic (exact) mass is 523 g/mol. The topological polar surface area (TPSA) is 92.8 Å². The summed E-state index contributed by atoms with van der Waals surface area (Å²) in [5.74, 6) is 2.54. The molecule has 1 aromatic rings. The van der Waals surface area contributed by atoms with Crippen molar-refractivity contribution in [2.24, 2.45) is 17.3 Å². The van der Waals surface area contributed by atoms with Crippen molar-refractivity contribution in [3.05, 3.63) is 53.3 Å². The molecule has 1 heterocycles. The van der Waals surface area contributed by atoms with Crippen LogP contribution in [0.3, 0.4) is 0 Å². The van der Waals surface area contributed by atoms with E-state index in [9.17, 15) is 15.0 Å². The molecule has 0 spiro atoms. The van der Waals surface area contributed by atoms with Crippen LogP contribution >= 0.6 is 0 Å². The molecule has 0 saturated heterocycles. The summed E-state index contributed by atoms with van der Waals surface area (Å²) in [5, 5.41) is 20.3. The fourth-order valence-corrected chi connectivity index (χ4v) is 7.88. The highest BCUT2D eigenvalue weighted by atomic mass is 16.5. The van der Waals surface area contributed by atoms with Crippen molar-refractivity contribution in [1.29, 1.82) is 0 Å². The number of allylic oxidation sites excluding steroid dienone is 3. The van der Waals surface area contributed by atoms with Gasteiger partial charge in [-0.1, -0.05) is 31.2 Å². The summed E-state index contributed by atoms with van der Waals surface area (Å²) >= 11 is 0. The Balaban J connectivity index is 1.24.